The third-order valence-corrected chi connectivity index (χ3v) is 7.03. The van der Waals surface area contributed by atoms with E-state index in [0.29, 0.717) is 0 Å². The first-order valence-electron chi connectivity index (χ1n) is 7.02. The maximum absolute atomic E-state index is 12.3. The van der Waals surface area contributed by atoms with E-state index in [1.165, 1.54) is 48.5 Å². The van der Waals surface area contributed by atoms with Gasteiger partial charge in [-0.1, -0.05) is 42.3 Å². The lowest BCUT2D eigenvalue weighted by Gasteiger charge is -2.02. The molecule has 0 fully saturated rings. The number of terminal acetylenes is 1. The molecule has 6 nitrogen and oxygen atoms in total. The first-order chi connectivity index (χ1) is 12.3. The summed E-state index contributed by atoms with van der Waals surface area (Å²) >= 11 is 0. The van der Waals surface area contributed by atoms with Crippen molar-refractivity contribution in [1.82, 2.24) is 0 Å². The molecule has 0 amide bonds. The zero-order valence-corrected chi connectivity index (χ0v) is 15.3. The highest BCUT2D eigenvalue weighted by Crippen LogP contribution is 2.19. The van der Waals surface area contributed by atoms with Crippen molar-refractivity contribution in [3.05, 3.63) is 66.2 Å². The lowest BCUT2D eigenvalue weighted by Crippen LogP contribution is -2.26. The van der Waals surface area contributed by atoms with Gasteiger partial charge in [0.25, 0.3) is 19.7 Å². The molecule has 0 saturated heterocycles. The molecule has 0 heterocycles. The summed E-state index contributed by atoms with van der Waals surface area (Å²) in [5.41, 5.74) is 8.95. The van der Waals surface area contributed by atoms with Crippen molar-refractivity contribution < 1.29 is 21.6 Å². The molecule has 0 unspecified atom stereocenters. The van der Waals surface area contributed by atoms with Crippen molar-refractivity contribution >= 4 is 24.1 Å². The molecule has 0 aliphatic carbocycles. The predicted molar refractivity (Wildman–Crippen MR) is 98.2 cm³/mol. The lowest BCUT2D eigenvalue weighted by molar-refractivity contribution is 0.00380. The maximum atomic E-state index is 12.3. The average molecular weight is 386 g/mol. The van der Waals surface area contributed by atoms with Crippen LogP contribution < -0.4 is 0 Å². The van der Waals surface area contributed by atoms with Gasteiger partial charge in [0.05, 0.1) is 9.79 Å². The minimum absolute atomic E-state index is 0.266. The van der Waals surface area contributed by atoms with Gasteiger partial charge in [0, 0.05) is 0 Å². The van der Waals surface area contributed by atoms with Crippen LogP contribution >= 0.6 is 0 Å². The molecule has 0 aromatic heterocycles. The van der Waals surface area contributed by atoms with E-state index in [2.05, 4.69) is 22.6 Å². The molecule has 0 atom stereocenters. The standard InChI is InChI=1S/C13H10N2O4S2.C5H4/c14-15-13(20(16,17)11-7-3-1-4-8-11)21(18,19)12-9-5-2-6-10-12;1-3-5-4-2/h1-10H;1H,2H3. The summed E-state index contributed by atoms with van der Waals surface area (Å²) in [5, 5.41) is 0. The van der Waals surface area contributed by atoms with Crippen LogP contribution in [0, 0.1) is 24.2 Å². The first-order valence-corrected chi connectivity index (χ1v) is 9.98. The van der Waals surface area contributed by atoms with Crippen LogP contribution in [0.25, 0.3) is 5.53 Å². The third-order valence-electron chi connectivity index (χ3n) is 2.85. The Balaban J connectivity index is 0.000000597. The Morgan fingerprint density at radius 2 is 1.27 bits per heavy atom. The van der Waals surface area contributed by atoms with E-state index in [9.17, 15) is 16.8 Å². The Hall–Kier alpha value is -3.16. The molecule has 2 aromatic rings. The fourth-order valence-corrected chi connectivity index (χ4v) is 5.11. The Morgan fingerprint density at radius 1 is 0.885 bits per heavy atom. The van der Waals surface area contributed by atoms with Crippen molar-refractivity contribution in [1.29, 1.82) is 0 Å². The van der Waals surface area contributed by atoms with Gasteiger partial charge in [-0.3, -0.25) is 0 Å². The van der Waals surface area contributed by atoms with Crippen LogP contribution in [0.2, 0.25) is 0 Å². The van der Waals surface area contributed by atoms with Gasteiger partial charge in [-0.2, -0.15) is 0 Å². The number of hydrogen-bond donors (Lipinski definition) is 0. The summed E-state index contributed by atoms with van der Waals surface area (Å²) in [5.74, 6) is 7.08. The predicted octanol–water partition coefficient (Wildman–Crippen LogP) is 2.16. The van der Waals surface area contributed by atoms with Crippen LogP contribution in [0.4, 0.5) is 0 Å². The Kier molecular flexibility index (Phi) is 7.52. The SMILES string of the molecule is C#CC#CC.[N-]=[N+]=C(S(=O)(=O)c1ccccc1)S(=O)(=O)c1ccccc1. The number of hydrogen-bond acceptors (Lipinski definition) is 4. The fourth-order valence-electron chi connectivity index (χ4n) is 1.73. The topological polar surface area (TPSA) is 105 Å². The van der Waals surface area contributed by atoms with Gasteiger partial charge in [0.15, 0.2) is 0 Å². The van der Waals surface area contributed by atoms with E-state index in [-0.39, 0.29) is 9.79 Å². The second-order valence-corrected chi connectivity index (χ2v) is 8.51. The van der Waals surface area contributed by atoms with E-state index in [4.69, 9.17) is 12.0 Å². The first kappa shape index (κ1) is 20.9. The molecule has 0 aliphatic rings. The molecule has 26 heavy (non-hydrogen) atoms. The molecule has 0 saturated carbocycles. The van der Waals surface area contributed by atoms with Gasteiger partial charge >= 0.3 is 4.38 Å². The summed E-state index contributed by atoms with van der Waals surface area (Å²) in [6.07, 6.45) is 4.72. The molecular weight excluding hydrogens is 372 g/mol. The van der Waals surface area contributed by atoms with E-state index in [0.717, 1.165) is 0 Å². The molecule has 0 aliphatic heterocycles. The van der Waals surface area contributed by atoms with E-state index in [1.807, 2.05) is 0 Å². The molecular formula is C18H14N2O4S2. The Bertz CT molecular complexity index is 1040. The summed E-state index contributed by atoms with van der Waals surface area (Å²) in [4.78, 5) is 1.99. The van der Waals surface area contributed by atoms with Crippen LogP contribution in [0.15, 0.2) is 70.5 Å². The summed E-state index contributed by atoms with van der Waals surface area (Å²) in [7, 11) is -8.89. The highest BCUT2D eigenvalue weighted by molar-refractivity contribution is 8.31. The number of nitrogens with zero attached hydrogens (tertiary/aromatic N) is 2. The van der Waals surface area contributed by atoms with E-state index >= 15 is 0 Å². The summed E-state index contributed by atoms with van der Waals surface area (Å²) in [6, 6.07) is 13.8. The maximum Gasteiger partial charge on any atom is 0.504 e. The van der Waals surface area contributed by atoms with Crippen molar-refractivity contribution in [2.75, 3.05) is 0 Å². The zero-order chi connectivity index (χ0) is 19.6. The number of sulfone groups is 2. The second kappa shape index (κ2) is 9.36. The molecule has 0 radical (unpaired) electrons. The number of benzene rings is 2. The zero-order valence-electron chi connectivity index (χ0n) is 13.7. The minimum atomic E-state index is -4.44. The third kappa shape index (κ3) is 4.92. The van der Waals surface area contributed by atoms with Crippen molar-refractivity contribution in [3.8, 4) is 24.2 Å². The highest BCUT2D eigenvalue weighted by atomic mass is 32.3. The smallest absolute Gasteiger partial charge is 0.359 e. The van der Waals surface area contributed by atoms with Crippen LogP contribution in [-0.2, 0) is 19.7 Å². The molecule has 2 rings (SSSR count). The fraction of sp³-hybridized carbons (Fsp3) is 0.0556. The quantitative estimate of drug-likeness (QED) is 0.259. The summed E-state index contributed by atoms with van der Waals surface area (Å²) in [6.45, 7) is 1.71. The largest absolute Gasteiger partial charge is 0.504 e. The van der Waals surface area contributed by atoms with Crippen molar-refractivity contribution in [2.24, 2.45) is 0 Å². The number of rotatable bonds is 2. The average Bonchev–Trinajstić information content (AvgIpc) is 2.64. The lowest BCUT2D eigenvalue weighted by atomic mass is 10.4. The monoisotopic (exact) mass is 386 g/mol. The minimum Gasteiger partial charge on any atom is -0.359 e. The van der Waals surface area contributed by atoms with Crippen molar-refractivity contribution in [2.45, 2.75) is 16.7 Å². The van der Waals surface area contributed by atoms with Gasteiger partial charge < -0.3 is 5.53 Å². The van der Waals surface area contributed by atoms with Gasteiger partial charge in [-0.15, -0.1) is 11.2 Å². The van der Waals surface area contributed by atoms with Gasteiger partial charge in [-0.05, 0) is 43.0 Å². The van der Waals surface area contributed by atoms with Gasteiger partial charge in [0.2, 0.25) is 0 Å². The summed E-state index contributed by atoms with van der Waals surface area (Å²) < 4.78 is 48.0. The van der Waals surface area contributed by atoms with Crippen LogP contribution in [0.1, 0.15) is 6.92 Å². The van der Waals surface area contributed by atoms with Crippen molar-refractivity contribution in [3.63, 3.8) is 0 Å². The molecule has 132 valence electrons. The normalized spacial score (nSPS) is 10.0. The molecule has 2 aromatic carbocycles. The molecule has 0 bridgehead atoms. The van der Waals surface area contributed by atoms with Crippen LogP contribution in [0.5, 0.6) is 0 Å². The van der Waals surface area contributed by atoms with Crippen LogP contribution in [0.3, 0.4) is 0 Å². The highest BCUT2D eigenvalue weighted by Gasteiger charge is 2.43. The Labute approximate surface area is 153 Å². The van der Waals surface area contributed by atoms with E-state index in [1.54, 1.807) is 19.1 Å². The van der Waals surface area contributed by atoms with Gasteiger partial charge in [0.1, 0.15) is 0 Å². The second-order valence-electron chi connectivity index (χ2n) is 4.52. The van der Waals surface area contributed by atoms with Crippen LogP contribution in [-0.4, -0.2) is 26.0 Å². The Morgan fingerprint density at radius 3 is 1.50 bits per heavy atom. The van der Waals surface area contributed by atoms with Gasteiger partial charge in [-0.25, -0.2) is 16.8 Å². The molecule has 0 spiro atoms. The van der Waals surface area contributed by atoms with E-state index < -0.39 is 24.1 Å². The molecule has 8 heteroatoms. The molecule has 0 N–H and O–H groups in total.